The maximum atomic E-state index is 14.0. The van der Waals surface area contributed by atoms with Crippen molar-refractivity contribution in [1.82, 2.24) is 9.97 Å². The third-order valence-electron chi connectivity index (χ3n) is 4.64. The highest BCUT2D eigenvalue weighted by atomic mass is 19.1. The third kappa shape index (κ3) is 4.00. The van der Waals surface area contributed by atoms with Crippen molar-refractivity contribution in [3.8, 4) is 11.6 Å². The summed E-state index contributed by atoms with van der Waals surface area (Å²) in [5, 5.41) is 0. The van der Waals surface area contributed by atoms with Crippen LogP contribution in [0.3, 0.4) is 0 Å². The zero-order chi connectivity index (χ0) is 18.6. The molecule has 2 heterocycles. The van der Waals surface area contributed by atoms with Gasteiger partial charge >= 0.3 is 0 Å². The van der Waals surface area contributed by atoms with E-state index in [1.165, 1.54) is 12.4 Å². The number of nitrogens with zero attached hydrogens (tertiary/aromatic N) is 4. The lowest BCUT2D eigenvalue weighted by Gasteiger charge is -2.36. The van der Waals surface area contributed by atoms with Gasteiger partial charge < -0.3 is 14.5 Å². The molecule has 4 rings (SSSR count). The van der Waals surface area contributed by atoms with E-state index in [1.54, 1.807) is 6.07 Å². The Morgan fingerprint density at radius 2 is 1.67 bits per heavy atom. The molecule has 1 saturated heterocycles. The summed E-state index contributed by atoms with van der Waals surface area (Å²) in [6.07, 6.45) is 1.52. The highest BCUT2D eigenvalue weighted by Gasteiger charge is 2.20. The molecule has 138 valence electrons. The number of hydrogen-bond donors (Lipinski definition) is 0. The van der Waals surface area contributed by atoms with Crippen molar-refractivity contribution in [2.45, 2.75) is 6.92 Å². The Kier molecular flexibility index (Phi) is 4.87. The maximum Gasteiger partial charge on any atom is 0.224 e. The second-order valence-electron chi connectivity index (χ2n) is 6.56. The van der Waals surface area contributed by atoms with Gasteiger partial charge in [-0.2, -0.15) is 0 Å². The molecule has 0 atom stereocenters. The summed E-state index contributed by atoms with van der Waals surface area (Å²) in [5.41, 5.74) is 1.79. The quantitative estimate of drug-likeness (QED) is 0.699. The molecule has 0 aliphatic carbocycles. The van der Waals surface area contributed by atoms with Crippen molar-refractivity contribution < 1.29 is 9.13 Å². The van der Waals surface area contributed by atoms with Crippen molar-refractivity contribution in [3.63, 3.8) is 0 Å². The van der Waals surface area contributed by atoms with Crippen molar-refractivity contribution in [3.05, 3.63) is 72.3 Å². The molecule has 1 aliphatic heterocycles. The molecule has 1 fully saturated rings. The summed E-state index contributed by atoms with van der Waals surface area (Å²) in [5.74, 6) is 1.91. The van der Waals surface area contributed by atoms with Crippen molar-refractivity contribution in [2.24, 2.45) is 0 Å². The molecular weight excluding hydrogens is 343 g/mol. The SMILES string of the molecule is Cc1cccc(Oc2cc(N3CCN(c4ccccc4F)CC3)ncn2)c1. The summed E-state index contributed by atoms with van der Waals surface area (Å²) in [6.45, 7) is 5.01. The van der Waals surface area contributed by atoms with Crippen LogP contribution in [0.15, 0.2) is 60.9 Å². The molecule has 1 aromatic heterocycles. The second-order valence-corrected chi connectivity index (χ2v) is 6.56. The van der Waals surface area contributed by atoms with Gasteiger partial charge in [0.15, 0.2) is 0 Å². The number of hydrogen-bond acceptors (Lipinski definition) is 5. The average molecular weight is 364 g/mol. The number of piperazine rings is 1. The summed E-state index contributed by atoms with van der Waals surface area (Å²) >= 11 is 0. The van der Waals surface area contributed by atoms with Crippen molar-refractivity contribution in [1.29, 1.82) is 0 Å². The van der Waals surface area contributed by atoms with E-state index < -0.39 is 0 Å². The Bertz CT molecular complexity index is 925. The standard InChI is InChI=1S/C21H21FN4O/c1-16-5-4-6-17(13-16)27-21-14-20(23-15-24-21)26-11-9-25(10-12-26)19-8-3-2-7-18(19)22/h2-8,13-15H,9-12H2,1H3. The van der Waals surface area contributed by atoms with Gasteiger partial charge in [-0.05, 0) is 36.8 Å². The number of benzene rings is 2. The number of halogens is 1. The monoisotopic (exact) mass is 364 g/mol. The van der Waals surface area contributed by atoms with Crippen LogP contribution in [-0.2, 0) is 0 Å². The number of aromatic nitrogens is 2. The van der Waals surface area contributed by atoms with Gasteiger partial charge in [-0.15, -0.1) is 0 Å². The lowest BCUT2D eigenvalue weighted by Crippen LogP contribution is -2.47. The minimum Gasteiger partial charge on any atom is -0.439 e. The number of para-hydroxylation sites is 1. The number of aryl methyl sites for hydroxylation is 1. The number of ether oxygens (including phenoxy) is 1. The molecule has 6 heteroatoms. The molecule has 3 aromatic rings. The van der Waals surface area contributed by atoms with Crippen molar-refractivity contribution >= 4 is 11.5 Å². The third-order valence-corrected chi connectivity index (χ3v) is 4.64. The minimum absolute atomic E-state index is 0.179. The minimum atomic E-state index is -0.179. The van der Waals surface area contributed by atoms with Gasteiger partial charge in [0.25, 0.3) is 0 Å². The van der Waals surface area contributed by atoms with Crippen LogP contribution in [0.4, 0.5) is 15.9 Å². The largest absolute Gasteiger partial charge is 0.439 e. The van der Waals surface area contributed by atoms with Crippen LogP contribution < -0.4 is 14.5 Å². The Hall–Kier alpha value is -3.15. The van der Waals surface area contributed by atoms with E-state index in [2.05, 4.69) is 19.8 Å². The molecule has 1 aliphatic rings. The summed E-state index contributed by atoms with van der Waals surface area (Å²) in [4.78, 5) is 12.8. The second kappa shape index (κ2) is 7.61. The Labute approximate surface area is 158 Å². The van der Waals surface area contributed by atoms with Crippen LogP contribution in [0.1, 0.15) is 5.56 Å². The van der Waals surface area contributed by atoms with Gasteiger partial charge in [0.2, 0.25) is 5.88 Å². The van der Waals surface area contributed by atoms with Crippen LogP contribution in [0, 0.1) is 12.7 Å². The van der Waals surface area contributed by atoms with E-state index in [9.17, 15) is 4.39 Å². The Morgan fingerprint density at radius 1 is 0.889 bits per heavy atom. The van der Waals surface area contributed by atoms with E-state index in [0.29, 0.717) is 11.6 Å². The molecule has 2 aromatic carbocycles. The van der Waals surface area contributed by atoms with Crippen LogP contribution in [0.5, 0.6) is 11.6 Å². The lowest BCUT2D eigenvalue weighted by molar-refractivity contribution is 0.460. The Morgan fingerprint density at radius 3 is 2.44 bits per heavy atom. The van der Waals surface area contributed by atoms with Gasteiger partial charge in [-0.3, -0.25) is 0 Å². The molecule has 0 amide bonds. The van der Waals surface area contributed by atoms with E-state index in [-0.39, 0.29) is 5.82 Å². The van der Waals surface area contributed by atoms with Gasteiger partial charge in [0, 0.05) is 32.2 Å². The average Bonchev–Trinajstić information content (AvgIpc) is 2.69. The summed E-state index contributed by atoms with van der Waals surface area (Å²) < 4.78 is 19.8. The molecule has 0 N–H and O–H groups in total. The zero-order valence-electron chi connectivity index (χ0n) is 15.2. The molecule has 27 heavy (non-hydrogen) atoms. The first-order chi connectivity index (χ1) is 13.2. The van der Waals surface area contributed by atoms with Gasteiger partial charge in [0.05, 0.1) is 5.69 Å². The fourth-order valence-electron chi connectivity index (χ4n) is 3.24. The van der Waals surface area contributed by atoms with Gasteiger partial charge in [-0.25, -0.2) is 14.4 Å². The zero-order valence-corrected chi connectivity index (χ0v) is 15.2. The van der Waals surface area contributed by atoms with Crippen molar-refractivity contribution in [2.75, 3.05) is 36.0 Å². The molecule has 0 bridgehead atoms. The normalized spacial score (nSPS) is 14.3. The van der Waals surface area contributed by atoms with Gasteiger partial charge in [0.1, 0.15) is 23.7 Å². The van der Waals surface area contributed by atoms with Crippen LogP contribution in [-0.4, -0.2) is 36.1 Å². The fourth-order valence-corrected chi connectivity index (χ4v) is 3.24. The predicted octanol–water partition coefficient (Wildman–Crippen LogP) is 4.04. The molecule has 5 nitrogen and oxygen atoms in total. The topological polar surface area (TPSA) is 41.5 Å². The van der Waals surface area contributed by atoms with E-state index in [1.807, 2.05) is 49.4 Å². The van der Waals surface area contributed by atoms with Crippen LogP contribution in [0.25, 0.3) is 0 Å². The van der Waals surface area contributed by atoms with Crippen LogP contribution >= 0.6 is 0 Å². The summed E-state index contributed by atoms with van der Waals surface area (Å²) in [6, 6.07) is 16.6. The number of anilines is 2. The first-order valence-corrected chi connectivity index (χ1v) is 9.00. The number of rotatable bonds is 4. The fraction of sp³-hybridized carbons (Fsp3) is 0.238. The van der Waals surface area contributed by atoms with E-state index in [0.717, 1.165) is 43.3 Å². The molecule has 0 unspecified atom stereocenters. The van der Waals surface area contributed by atoms with Crippen LogP contribution in [0.2, 0.25) is 0 Å². The highest BCUT2D eigenvalue weighted by molar-refractivity contribution is 5.51. The van der Waals surface area contributed by atoms with E-state index >= 15 is 0 Å². The smallest absolute Gasteiger partial charge is 0.224 e. The van der Waals surface area contributed by atoms with Gasteiger partial charge in [-0.1, -0.05) is 24.3 Å². The first kappa shape index (κ1) is 17.3. The molecule has 0 radical (unpaired) electrons. The maximum absolute atomic E-state index is 14.0. The van der Waals surface area contributed by atoms with E-state index in [4.69, 9.17) is 4.74 Å². The molecular formula is C21H21FN4O. The highest BCUT2D eigenvalue weighted by Crippen LogP contribution is 2.25. The summed E-state index contributed by atoms with van der Waals surface area (Å²) in [7, 11) is 0. The first-order valence-electron chi connectivity index (χ1n) is 9.00. The lowest BCUT2D eigenvalue weighted by atomic mass is 10.2. The molecule has 0 spiro atoms. The Balaban J connectivity index is 1.43. The predicted molar refractivity (Wildman–Crippen MR) is 104 cm³/mol. The molecule has 0 saturated carbocycles.